The molecule has 1 atom stereocenters. The summed E-state index contributed by atoms with van der Waals surface area (Å²) in [6.45, 7) is 6.32. The second kappa shape index (κ2) is 4.37. The van der Waals surface area contributed by atoms with E-state index in [2.05, 4.69) is 4.98 Å². The fourth-order valence-corrected chi connectivity index (χ4v) is 1.28. The molecule has 4 heteroatoms. The van der Waals surface area contributed by atoms with Gasteiger partial charge in [-0.25, -0.2) is 4.98 Å². The van der Waals surface area contributed by atoms with Gasteiger partial charge in [0.25, 0.3) is 5.56 Å². The van der Waals surface area contributed by atoms with Crippen molar-refractivity contribution in [2.24, 2.45) is 5.73 Å². The largest absolute Gasteiger partial charge is 0.330 e. The second-order valence-corrected chi connectivity index (χ2v) is 3.79. The second-order valence-electron chi connectivity index (χ2n) is 3.79. The molecule has 1 unspecified atom stereocenters. The normalized spacial score (nSPS) is 13.2. The Bertz CT molecular complexity index is 357. The zero-order valence-corrected chi connectivity index (χ0v) is 8.90. The van der Waals surface area contributed by atoms with Gasteiger partial charge in [-0.15, -0.1) is 0 Å². The molecule has 78 valence electrons. The standard InChI is InChI=1S/C10H17N3O/c1-7(2)13-6-12-5-9(10(13)14)8(3)4-11/h5-8H,4,11H2,1-3H3. The van der Waals surface area contributed by atoms with Crippen molar-refractivity contribution in [3.63, 3.8) is 0 Å². The van der Waals surface area contributed by atoms with Crippen LogP contribution in [-0.4, -0.2) is 16.1 Å². The molecule has 0 spiro atoms. The Hall–Kier alpha value is -1.16. The minimum absolute atomic E-state index is 0.0213. The summed E-state index contributed by atoms with van der Waals surface area (Å²) in [5.41, 5.74) is 6.24. The van der Waals surface area contributed by atoms with E-state index in [1.807, 2.05) is 20.8 Å². The Morgan fingerprint density at radius 2 is 2.14 bits per heavy atom. The summed E-state index contributed by atoms with van der Waals surface area (Å²) >= 11 is 0. The Morgan fingerprint density at radius 1 is 1.50 bits per heavy atom. The lowest BCUT2D eigenvalue weighted by Gasteiger charge is -2.13. The van der Waals surface area contributed by atoms with E-state index in [1.54, 1.807) is 17.1 Å². The Balaban J connectivity index is 3.21. The van der Waals surface area contributed by atoms with E-state index in [1.165, 1.54) is 0 Å². The van der Waals surface area contributed by atoms with E-state index in [9.17, 15) is 4.79 Å². The third kappa shape index (κ3) is 2.01. The van der Waals surface area contributed by atoms with Gasteiger partial charge in [-0.05, 0) is 20.4 Å². The highest BCUT2D eigenvalue weighted by molar-refractivity contribution is 5.11. The molecule has 0 aliphatic heterocycles. The first-order chi connectivity index (χ1) is 6.57. The summed E-state index contributed by atoms with van der Waals surface area (Å²) < 4.78 is 1.63. The van der Waals surface area contributed by atoms with Crippen LogP contribution in [0, 0.1) is 0 Å². The number of aromatic nitrogens is 2. The first-order valence-electron chi connectivity index (χ1n) is 4.84. The van der Waals surface area contributed by atoms with Gasteiger partial charge in [-0.1, -0.05) is 6.92 Å². The smallest absolute Gasteiger partial charge is 0.257 e. The predicted octanol–water partition coefficient (Wildman–Crippen LogP) is 0.886. The minimum Gasteiger partial charge on any atom is -0.330 e. The molecule has 1 heterocycles. The number of nitrogens with zero attached hydrogens (tertiary/aromatic N) is 2. The van der Waals surface area contributed by atoms with Crippen LogP contribution >= 0.6 is 0 Å². The van der Waals surface area contributed by atoms with Crippen LogP contribution in [-0.2, 0) is 0 Å². The van der Waals surface area contributed by atoms with Crippen LogP contribution in [0.1, 0.15) is 38.3 Å². The monoisotopic (exact) mass is 195 g/mol. The molecule has 0 aliphatic carbocycles. The van der Waals surface area contributed by atoms with E-state index in [0.29, 0.717) is 12.1 Å². The molecule has 0 amide bonds. The van der Waals surface area contributed by atoms with Gasteiger partial charge in [0.2, 0.25) is 0 Å². The van der Waals surface area contributed by atoms with Gasteiger partial charge < -0.3 is 5.73 Å². The molecule has 0 saturated carbocycles. The van der Waals surface area contributed by atoms with Gasteiger partial charge in [0, 0.05) is 23.7 Å². The van der Waals surface area contributed by atoms with Crippen molar-refractivity contribution in [2.45, 2.75) is 32.7 Å². The quantitative estimate of drug-likeness (QED) is 0.779. The zero-order valence-electron chi connectivity index (χ0n) is 8.90. The maximum absolute atomic E-state index is 11.9. The third-order valence-electron chi connectivity index (χ3n) is 2.33. The SMILES string of the molecule is CC(CN)c1cncn(C(C)C)c1=O. The summed E-state index contributed by atoms with van der Waals surface area (Å²) in [7, 11) is 0. The van der Waals surface area contributed by atoms with E-state index >= 15 is 0 Å². The molecular weight excluding hydrogens is 178 g/mol. The molecule has 1 rings (SSSR count). The van der Waals surface area contributed by atoms with Crippen molar-refractivity contribution in [3.8, 4) is 0 Å². The summed E-state index contributed by atoms with van der Waals surface area (Å²) in [6.07, 6.45) is 3.18. The lowest BCUT2D eigenvalue weighted by Crippen LogP contribution is -2.28. The number of nitrogens with two attached hydrogens (primary N) is 1. The van der Waals surface area contributed by atoms with E-state index in [-0.39, 0.29) is 17.5 Å². The summed E-state index contributed by atoms with van der Waals surface area (Å²) in [5, 5.41) is 0. The van der Waals surface area contributed by atoms with Crippen LogP contribution in [0.5, 0.6) is 0 Å². The van der Waals surface area contributed by atoms with Crippen LogP contribution in [0.2, 0.25) is 0 Å². The van der Waals surface area contributed by atoms with Gasteiger partial charge in [0.05, 0.1) is 6.33 Å². The van der Waals surface area contributed by atoms with E-state index in [0.717, 1.165) is 0 Å². The average Bonchev–Trinajstić information content (AvgIpc) is 2.16. The maximum atomic E-state index is 11.9. The first kappa shape index (κ1) is 10.9. The molecule has 1 aromatic heterocycles. The molecule has 0 aliphatic rings. The highest BCUT2D eigenvalue weighted by atomic mass is 16.1. The molecule has 0 saturated heterocycles. The van der Waals surface area contributed by atoms with Crippen molar-refractivity contribution in [1.29, 1.82) is 0 Å². The number of rotatable bonds is 3. The molecule has 0 fully saturated rings. The Morgan fingerprint density at radius 3 is 2.64 bits per heavy atom. The van der Waals surface area contributed by atoms with Crippen LogP contribution in [0.15, 0.2) is 17.3 Å². The fourth-order valence-electron chi connectivity index (χ4n) is 1.28. The topological polar surface area (TPSA) is 60.9 Å². The van der Waals surface area contributed by atoms with Crippen molar-refractivity contribution in [2.75, 3.05) is 6.54 Å². The molecule has 14 heavy (non-hydrogen) atoms. The molecule has 0 bridgehead atoms. The van der Waals surface area contributed by atoms with Crippen molar-refractivity contribution >= 4 is 0 Å². The Kier molecular flexibility index (Phi) is 3.41. The lowest BCUT2D eigenvalue weighted by molar-refractivity contribution is 0.555. The summed E-state index contributed by atoms with van der Waals surface area (Å²) in [4.78, 5) is 15.9. The van der Waals surface area contributed by atoms with Gasteiger partial charge in [0.15, 0.2) is 0 Å². The maximum Gasteiger partial charge on any atom is 0.257 e. The van der Waals surface area contributed by atoms with Crippen molar-refractivity contribution in [3.05, 3.63) is 28.4 Å². The van der Waals surface area contributed by atoms with Gasteiger partial charge in [-0.2, -0.15) is 0 Å². The van der Waals surface area contributed by atoms with Crippen LogP contribution in [0.25, 0.3) is 0 Å². The van der Waals surface area contributed by atoms with Crippen LogP contribution in [0.4, 0.5) is 0 Å². The highest BCUT2D eigenvalue weighted by Crippen LogP contribution is 2.08. The van der Waals surface area contributed by atoms with Crippen LogP contribution < -0.4 is 11.3 Å². The molecule has 0 radical (unpaired) electrons. The third-order valence-corrected chi connectivity index (χ3v) is 2.33. The average molecular weight is 195 g/mol. The van der Waals surface area contributed by atoms with Crippen molar-refractivity contribution < 1.29 is 0 Å². The molecule has 2 N–H and O–H groups in total. The van der Waals surface area contributed by atoms with Gasteiger partial charge in [0.1, 0.15) is 0 Å². The molecule has 0 aromatic carbocycles. The van der Waals surface area contributed by atoms with E-state index < -0.39 is 0 Å². The molecule has 1 aromatic rings. The van der Waals surface area contributed by atoms with Crippen molar-refractivity contribution in [1.82, 2.24) is 9.55 Å². The van der Waals surface area contributed by atoms with Gasteiger partial charge >= 0.3 is 0 Å². The fraction of sp³-hybridized carbons (Fsp3) is 0.600. The Labute approximate surface area is 83.8 Å². The number of hydrogen-bond donors (Lipinski definition) is 1. The van der Waals surface area contributed by atoms with E-state index in [4.69, 9.17) is 5.73 Å². The van der Waals surface area contributed by atoms with Crippen LogP contribution in [0.3, 0.4) is 0 Å². The zero-order chi connectivity index (χ0) is 10.7. The summed E-state index contributed by atoms with van der Waals surface area (Å²) in [6, 6.07) is 0.139. The predicted molar refractivity (Wildman–Crippen MR) is 56.4 cm³/mol. The minimum atomic E-state index is 0.0213. The summed E-state index contributed by atoms with van der Waals surface area (Å²) in [5.74, 6) is 0.0706. The van der Waals surface area contributed by atoms with Gasteiger partial charge in [-0.3, -0.25) is 9.36 Å². The first-order valence-corrected chi connectivity index (χ1v) is 4.84. The molecule has 4 nitrogen and oxygen atoms in total. The molecular formula is C10H17N3O. The lowest BCUT2D eigenvalue weighted by atomic mass is 10.1. The number of hydrogen-bond acceptors (Lipinski definition) is 3. The highest BCUT2D eigenvalue weighted by Gasteiger charge is 2.11.